The summed E-state index contributed by atoms with van der Waals surface area (Å²) in [5.74, 6) is -0.790. The second-order valence-electron chi connectivity index (χ2n) is 8.16. The van der Waals surface area contributed by atoms with Crippen LogP contribution in [0.5, 0.6) is 0 Å². The predicted molar refractivity (Wildman–Crippen MR) is 142 cm³/mol. The van der Waals surface area contributed by atoms with Gasteiger partial charge in [-0.2, -0.15) is 0 Å². The standard InChI is InChI=1S/C26H23N5O2S2/c1-3-20(35-26-30-29-21-13-12-17-6-4-5-7-19(17)31(21)26)24(33)28-25-22(23(27)32)18(14-34-25)16-10-8-15(2)9-11-16/h4-14,20H,3H2,1-2H3,(H2,27,32)(H,28,33). The van der Waals surface area contributed by atoms with Crippen molar-refractivity contribution in [2.24, 2.45) is 5.73 Å². The maximum atomic E-state index is 13.3. The molecule has 35 heavy (non-hydrogen) atoms. The van der Waals surface area contributed by atoms with Gasteiger partial charge in [0.2, 0.25) is 5.91 Å². The van der Waals surface area contributed by atoms with Gasteiger partial charge in [-0.1, -0.05) is 66.7 Å². The zero-order chi connectivity index (χ0) is 24.5. The lowest BCUT2D eigenvalue weighted by molar-refractivity contribution is -0.115. The highest BCUT2D eigenvalue weighted by atomic mass is 32.2. The molecule has 9 heteroatoms. The fraction of sp³-hybridized carbons (Fsp3) is 0.154. The Kier molecular flexibility index (Phi) is 6.27. The number of nitrogens with zero attached hydrogens (tertiary/aromatic N) is 3. The maximum absolute atomic E-state index is 13.3. The molecule has 5 rings (SSSR count). The van der Waals surface area contributed by atoms with E-state index in [2.05, 4.69) is 15.5 Å². The number of nitrogens with one attached hydrogen (secondary N) is 1. The molecule has 0 spiro atoms. The summed E-state index contributed by atoms with van der Waals surface area (Å²) in [6, 6.07) is 19.8. The third kappa shape index (κ3) is 4.40. The summed E-state index contributed by atoms with van der Waals surface area (Å²) in [6.45, 7) is 3.95. The molecule has 0 aliphatic heterocycles. The predicted octanol–water partition coefficient (Wildman–Crippen LogP) is 5.53. The van der Waals surface area contributed by atoms with Crippen molar-refractivity contribution in [1.29, 1.82) is 0 Å². The number of rotatable bonds is 7. The fourth-order valence-corrected chi connectivity index (χ4v) is 5.92. The minimum Gasteiger partial charge on any atom is -0.365 e. The van der Waals surface area contributed by atoms with Crippen LogP contribution in [0.15, 0.2) is 71.2 Å². The van der Waals surface area contributed by atoms with E-state index in [-0.39, 0.29) is 5.91 Å². The summed E-state index contributed by atoms with van der Waals surface area (Å²) >= 11 is 2.65. The van der Waals surface area contributed by atoms with Crippen LogP contribution in [-0.4, -0.2) is 31.7 Å². The minimum atomic E-state index is -0.576. The summed E-state index contributed by atoms with van der Waals surface area (Å²) in [4.78, 5) is 25.6. The molecule has 3 N–H and O–H groups in total. The summed E-state index contributed by atoms with van der Waals surface area (Å²) in [5, 5.41) is 15.1. The normalized spacial score (nSPS) is 12.2. The van der Waals surface area contributed by atoms with Gasteiger partial charge in [0.05, 0.1) is 16.3 Å². The van der Waals surface area contributed by atoms with Gasteiger partial charge in [-0.25, -0.2) is 0 Å². The molecule has 2 aromatic carbocycles. The maximum Gasteiger partial charge on any atom is 0.252 e. The number of amides is 2. The van der Waals surface area contributed by atoms with Crippen LogP contribution in [0.1, 0.15) is 29.3 Å². The lowest BCUT2D eigenvalue weighted by Crippen LogP contribution is -2.26. The molecular weight excluding hydrogens is 478 g/mol. The molecule has 0 radical (unpaired) electrons. The van der Waals surface area contributed by atoms with Gasteiger partial charge in [-0.3, -0.25) is 14.0 Å². The zero-order valence-electron chi connectivity index (χ0n) is 19.2. The minimum absolute atomic E-state index is 0.214. The fourth-order valence-electron chi connectivity index (χ4n) is 3.97. The molecule has 176 valence electrons. The molecule has 0 saturated heterocycles. The Balaban J connectivity index is 1.43. The third-order valence-corrected chi connectivity index (χ3v) is 8.00. The van der Waals surface area contributed by atoms with Crippen molar-refractivity contribution in [2.75, 3.05) is 5.32 Å². The molecule has 1 unspecified atom stereocenters. The van der Waals surface area contributed by atoms with Gasteiger partial charge in [0.15, 0.2) is 10.8 Å². The van der Waals surface area contributed by atoms with E-state index in [0.717, 1.165) is 27.7 Å². The van der Waals surface area contributed by atoms with Gasteiger partial charge < -0.3 is 11.1 Å². The van der Waals surface area contributed by atoms with Gasteiger partial charge in [-0.15, -0.1) is 21.5 Å². The number of benzene rings is 2. The number of pyridine rings is 1. The van der Waals surface area contributed by atoms with Crippen LogP contribution >= 0.6 is 23.1 Å². The Bertz CT molecular complexity index is 1560. The number of hydrogen-bond donors (Lipinski definition) is 2. The van der Waals surface area contributed by atoms with Gasteiger partial charge in [-0.05, 0) is 42.5 Å². The van der Waals surface area contributed by atoms with E-state index in [0.29, 0.717) is 27.7 Å². The first kappa shape index (κ1) is 23.1. The SMILES string of the molecule is CCC(Sc1nnc2ccc3ccccc3n12)C(=O)Nc1scc(-c2ccc(C)cc2)c1C(N)=O. The Morgan fingerprint density at radius 1 is 1.09 bits per heavy atom. The van der Waals surface area contributed by atoms with E-state index in [1.54, 1.807) is 0 Å². The van der Waals surface area contributed by atoms with E-state index in [9.17, 15) is 9.59 Å². The first-order chi connectivity index (χ1) is 17.0. The lowest BCUT2D eigenvalue weighted by atomic mass is 10.0. The molecule has 3 heterocycles. The molecule has 0 aliphatic rings. The van der Waals surface area contributed by atoms with Crippen molar-refractivity contribution in [3.63, 3.8) is 0 Å². The topological polar surface area (TPSA) is 102 Å². The lowest BCUT2D eigenvalue weighted by Gasteiger charge is -2.14. The van der Waals surface area contributed by atoms with Crippen molar-refractivity contribution in [2.45, 2.75) is 30.7 Å². The number of nitrogens with two attached hydrogens (primary N) is 1. The Morgan fingerprint density at radius 3 is 2.60 bits per heavy atom. The molecule has 2 amide bonds. The number of carbonyl (C=O) groups excluding carboxylic acids is 2. The molecule has 5 aromatic rings. The van der Waals surface area contributed by atoms with Crippen LogP contribution in [0, 0.1) is 6.92 Å². The van der Waals surface area contributed by atoms with Gasteiger partial charge in [0.1, 0.15) is 5.00 Å². The van der Waals surface area contributed by atoms with Crippen LogP contribution in [0.2, 0.25) is 0 Å². The first-order valence-corrected chi connectivity index (χ1v) is 12.9. The molecular formula is C26H23N5O2S2. The number of aromatic nitrogens is 3. The summed E-state index contributed by atoms with van der Waals surface area (Å²) in [6.07, 6.45) is 0.568. The van der Waals surface area contributed by atoms with Crippen molar-refractivity contribution in [3.8, 4) is 11.1 Å². The second kappa shape index (κ2) is 9.52. The van der Waals surface area contributed by atoms with Crippen LogP contribution < -0.4 is 11.1 Å². The molecule has 0 saturated carbocycles. The number of para-hydroxylation sites is 1. The smallest absolute Gasteiger partial charge is 0.252 e. The number of thiophene rings is 1. The number of aryl methyl sites for hydroxylation is 1. The average molecular weight is 502 g/mol. The van der Waals surface area contributed by atoms with Gasteiger partial charge in [0.25, 0.3) is 5.91 Å². The quantitative estimate of drug-likeness (QED) is 0.286. The van der Waals surface area contributed by atoms with Crippen LogP contribution in [-0.2, 0) is 4.79 Å². The summed E-state index contributed by atoms with van der Waals surface area (Å²) < 4.78 is 1.96. The highest BCUT2D eigenvalue weighted by Gasteiger charge is 2.25. The van der Waals surface area contributed by atoms with Crippen LogP contribution in [0.3, 0.4) is 0 Å². The van der Waals surface area contributed by atoms with Crippen LogP contribution in [0.25, 0.3) is 27.7 Å². The molecule has 1 atom stereocenters. The Labute approximate surface area is 210 Å². The van der Waals surface area contributed by atoms with Crippen LogP contribution in [0.4, 0.5) is 5.00 Å². The Morgan fingerprint density at radius 2 is 1.86 bits per heavy atom. The molecule has 0 aliphatic carbocycles. The van der Waals surface area contributed by atoms with E-state index in [4.69, 9.17) is 5.73 Å². The Hall–Kier alpha value is -3.69. The van der Waals surface area contributed by atoms with E-state index < -0.39 is 11.2 Å². The van der Waals surface area contributed by atoms with Crippen molar-refractivity contribution < 1.29 is 9.59 Å². The van der Waals surface area contributed by atoms with Crippen molar-refractivity contribution in [1.82, 2.24) is 14.6 Å². The number of hydrogen-bond acceptors (Lipinski definition) is 6. The largest absolute Gasteiger partial charge is 0.365 e. The highest BCUT2D eigenvalue weighted by Crippen LogP contribution is 2.36. The number of primary amides is 1. The van der Waals surface area contributed by atoms with Gasteiger partial charge >= 0.3 is 0 Å². The average Bonchev–Trinajstić information content (AvgIpc) is 3.47. The van der Waals surface area contributed by atoms with Crippen molar-refractivity contribution in [3.05, 3.63) is 77.2 Å². The van der Waals surface area contributed by atoms with Gasteiger partial charge in [0, 0.05) is 10.9 Å². The monoisotopic (exact) mass is 501 g/mol. The highest BCUT2D eigenvalue weighted by molar-refractivity contribution is 8.00. The first-order valence-electron chi connectivity index (χ1n) is 11.1. The molecule has 0 bridgehead atoms. The van der Waals surface area contributed by atoms with E-state index in [1.807, 2.05) is 84.3 Å². The third-order valence-electron chi connectivity index (χ3n) is 5.80. The summed E-state index contributed by atoms with van der Waals surface area (Å²) in [7, 11) is 0. The summed E-state index contributed by atoms with van der Waals surface area (Å²) in [5.41, 5.74) is 10.5. The number of fused-ring (bicyclic) bond motifs is 3. The second-order valence-corrected chi connectivity index (χ2v) is 10.2. The number of thioether (sulfide) groups is 1. The molecule has 7 nitrogen and oxygen atoms in total. The zero-order valence-corrected chi connectivity index (χ0v) is 20.8. The number of anilines is 1. The molecule has 0 fully saturated rings. The van der Waals surface area contributed by atoms with E-state index >= 15 is 0 Å². The number of carbonyl (C=O) groups is 2. The van der Waals surface area contributed by atoms with E-state index in [1.165, 1.54) is 23.1 Å². The van der Waals surface area contributed by atoms with Crippen molar-refractivity contribution >= 4 is 56.5 Å². The molecule has 3 aromatic heterocycles.